The standard InChI is InChI=1S/C11H14O2.H2O/c1-3-9(11(12)13)10-7-5-4-6-8(10)2;/h4-7,9H,3H2,1-2H3,(H,12,13);1H2. The molecule has 0 bridgehead atoms. The van der Waals surface area contributed by atoms with Gasteiger partial charge in [-0.2, -0.15) is 0 Å². The van der Waals surface area contributed by atoms with Gasteiger partial charge in [-0.3, -0.25) is 4.79 Å². The topological polar surface area (TPSA) is 68.8 Å². The number of carboxylic acids is 1. The minimum atomic E-state index is -0.739. The van der Waals surface area contributed by atoms with E-state index < -0.39 is 5.97 Å². The summed E-state index contributed by atoms with van der Waals surface area (Å²) in [6.45, 7) is 3.84. The second-order valence-corrected chi connectivity index (χ2v) is 3.16. The fourth-order valence-electron chi connectivity index (χ4n) is 1.51. The quantitative estimate of drug-likeness (QED) is 0.800. The molecule has 0 saturated heterocycles. The van der Waals surface area contributed by atoms with Gasteiger partial charge in [-0.15, -0.1) is 0 Å². The Bertz CT molecular complexity index is 307. The van der Waals surface area contributed by atoms with Crippen LogP contribution in [0.15, 0.2) is 24.3 Å². The van der Waals surface area contributed by atoms with Crippen LogP contribution in [0.1, 0.15) is 30.4 Å². The van der Waals surface area contributed by atoms with E-state index in [1.807, 2.05) is 38.1 Å². The van der Waals surface area contributed by atoms with E-state index in [-0.39, 0.29) is 11.4 Å². The smallest absolute Gasteiger partial charge is 0.310 e. The SMILES string of the molecule is CCC(C(=O)O)c1ccccc1C.O. The van der Waals surface area contributed by atoms with E-state index in [9.17, 15) is 4.79 Å². The van der Waals surface area contributed by atoms with Crippen molar-refractivity contribution in [1.82, 2.24) is 0 Å². The molecule has 1 rings (SSSR count). The number of hydrogen-bond donors (Lipinski definition) is 1. The molecule has 1 unspecified atom stereocenters. The molecule has 3 heteroatoms. The van der Waals surface area contributed by atoms with Crippen LogP contribution < -0.4 is 0 Å². The van der Waals surface area contributed by atoms with Gasteiger partial charge in [0.25, 0.3) is 0 Å². The highest BCUT2D eigenvalue weighted by Crippen LogP contribution is 2.22. The number of benzene rings is 1. The lowest BCUT2D eigenvalue weighted by atomic mass is 9.93. The predicted octanol–water partition coefficient (Wildman–Crippen LogP) is 1.75. The third-order valence-corrected chi connectivity index (χ3v) is 2.27. The zero-order valence-electron chi connectivity index (χ0n) is 8.45. The first-order valence-corrected chi connectivity index (χ1v) is 4.45. The van der Waals surface area contributed by atoms with Gasteiger partial charge in [0.2, 0.25) is 0 Å². The molecule has 0 aliphatic rings. The summed E-state index contributed by atoms with van der Waals surface area (Å²) < 4.78 is 0. The van der Waals surface area contributed by atoms with E-state index in [1.54, 1.807) is 0 Å². The summed E-state index contributed by atoms with van der Waals surface area (Å²) in [4.78, 5) is 10.9. The Balaban J connectivity index is 0.00000169. The molecule has 1 atom stereocenters. The molecule has 0 aliphatic heterocycles. The summed E-state index contributed by atoms with van der Waals surface area (Å²) in [6, 6.07) is 7.64. The van der Waals surface area contributed by atoms with Gasteiger partial charge in [-0.05, 0) is 24.5 Å². The Kier molecular flexibility index (Phi) is 4.87. The zero-order valence-corrected chi connectivity index (χ0v) is 8.45. The highest BCUT2D eigenvalue weighted by atomic mass is 16.4. The highest BCUT2D eigenvalue weighted by molar-refractivity contribution is 5.76. The molecule has 0 heterocycles. The maximum absolute atomic E-state index is 10.9. The van der Waals surface area contributed by atoms with E-state index in [0.29, 0.717) is 6.42 Å². The first kappa shape index (κ1) is 12.7. The largest absolute Gasteiger partial charge is 0.481 e. The Morgan fingerprint density at radius 2 is 2.00 bits per heavy atom. The average Bonchev–Trinajstić information content (AvgIpc) is 2.09. The van der Waals surface area contributed by atoms with Gasteiger partial charge >= 0.3 is 5.97 Å². The molecule has 1 aromatic carbocycles. The molecule has 0 amide bonds. The third kappa shape index (κ3) is 2.57. The van der Waals surface area contributed by atoms with Crippen molar-refractivity contribution in [2.24, 2.45) is 0 Å². The Labute approximate surface area is 83.7 Å². The predicted molar refractivity (Wildman–Crippen MR) is 55.5 cm³/mol. The van der Waals surface area contributed by atoms with Crippen LogP contribution >= 0.6 is 0 Å². The Morgan fingerprint density at radius 3 is 2.43 bits per heavy atom. The molecule has 0 spiro atoms. The van der Waals surface area contributed by atoms with E-state index in [1.165, 1.54) is 0 Å². The van der Waals surface area contributed by atoms with Crippen molar-refractivity contribution < 1.29 is 15.4 Å². The number of aliphatic carboxylic acids is 1. The van der Waals surface area contributed by atoms with Gasteiger partial charge < -0.3 is 10.6 Å². The molecule has 78 valence electrons. The molecule has 0 radical (unpaired) electrons. The maximum Gasteiger partial charge on any atom is 0.310 e. The summed E-state index contributed by atoms with van der Waals surface area (Å²) in [5.74, 6) is -1.10. The number of rotatable bonds is 3. The van der Waals surface area contributed by atoms with Crippen LogP contribution in [0.4, 0.5) is 0 Å². The fraction of sp³-hybridized carbons (Fsp3) is 0.364. The van der Waals surface area contributed by atoms with Gasteiger partial charge in [0.05, 0.1) is 5.92 Å². The van der Waals surface area contributed by atoms with Gasteiger partial charge in [-0.1, -0.05) is 31.2 Å². The van der Waals surface area contributed by atoms with Crippen LogP contribution in [0.2, 0.25) is 0 Å². The van der Waals surface area contributed by atoms with Gasteiger partial charge in [0.1, 0.15) is 0 Å². The van der Waals surface area contributed by atoms with Crippen molar-refractivity contribution >= 4 is 5.97 Å². The van der Waals surface area contributed by atoms with Crippen molar-refractivity contribution in [2.45, 2.75) is 26.2 Å². The van der Waals surface area contributed by atoms with Crippen LogP contribution in [-0.2, 0) is 4.79 Å². The Morgan fingerprint density at radius 1 is 1.43 bits per heavy atom. The number of carbonyl (C=O) groups is 1. The van der Waals surface area contributed by atoms with Crippen molar-refractivity contribution in [1.29, 1.82) is 0 Å². The molecule has 0 aliphatic carbocycles. The molecular weight excluding hydrogens is 180 g/mol. The first-order chi connectivity index (χ1) is 6.16. The molecule has 0 aromatic heterocycles. The zero-order chi connectivity index (χ0) is 9.84. The summed E-state index contributed by atoms with van der Waals surface area (Å²) >= 11 is 0. The number of aryl methyl sites for hydroxylation is 1. The van der Waals surface area contributed by atoms with Crippen molar-refractivity contribution in [3.8, 4) is 0 Å². The monoisotopic (exact) mass is 196 g/mol. The second-order valence-electron chi connectivity index (χ2n) is 3.16. The molecular formula is C11H16O3. The molecule has 3 N–H and O–H groups in total. The lowest BCUT2D eigenvalue weighted by molar-refractivity contribution is -0.138. The normalized spacial score (nSPS) is 11.6. The van der Waals surface area contributed by atoms with Crippen molar-refractivity contribution in [2.75, 3.05) is 0 Å². The minimum Gasteiger partial charge on any atom is -0.481 e. The van der Waals surface area contributed by atoms with Crippen molar-refractivity contribution in [3.63, 3.8) is 0 Å². The summed E-state index contributed by atoms with van der Waals surface area (Å²) in [5.41, 5.74) is 1.98. The summed E-state index contributed by atoms with van der Waals surface area (Å²) in [6.07, 6.45) is 0.639. The minimum absolute atomic E-state index is 0. The summed E-state index contributed by atoms with van der Waals surface area (Å²) in [5, 5.41) is 8.95. The fourth-order valence-corrected chi connectivity index (χ4v) is 1.51. The van der Waals surface area contributed by atoms with Gasteiger partial charge in [-0.25, -0.2) is 0 Å². The van der Waals surface area contributed by atoms with E-state index >= 15 is 0 Å². The molecule has 0 saturated carbocycles. The first-order valence-electron chi connectivity index (χ1n) is 4.45. The highest BCUT2D eigenvalue weighted by Gasteiger charge is 2.18. The van der Waals surface area contributed by atoms with Crippen LogP contribution in [0.25, 0.3) is 0 Å². The summed E-state index contributed by atoms with van der Waals surface area (Å²) in [7, 11) is 0. The van der Waals surface area contributed by atoms with E-state index in [0.717, 1.165) is 11.1 Å². The Hall–Kier alpha value is -1.35. The molecule has 0 fully saturated rings. The average molecular weight is 196 g/mol. The second kappa shape index (κ2) is 5.40. The van der Waals surface area contributed by atoms with Gasteiger partial charge in [0.15, 0.2) is 0 Å². The maximum atomic E-state index is 10.9. The lowest BCUT2D eigenvalue weighted by Gasteiger charge is -2.12. The molecule has 1 aromatic rings. The van der Waals surface area contributed by atoms with Crippen molar-refractivity contribution in [3.05, 3.63) is 35.4 Å². The van der Waals surface area contributed by atoms with Crippen LogP contribution in [0.5, 0.6) is 0 Å². The van der Waals surface area contributed by atoms with Crippen LogP contribution in [-0.4, -0.2) is 16.6 Å². The van der Waals surface area contributed by atoms with E-state index in [2.05, 4.69) is 0 Å². The van der Waals surface area contributed by atoms with E-state index in [4.69, 9.17) is 5.11 Å². The third-order valence-electron chi connectivity index (χ3n) is 2.27. The van der Waals surface area contributed by atoms with Gasteiger partial charge in [0, 0.05) is 0 Å². The molecule has 3 nitrogen and oxygen atoms in total. The molecule has 14 heavy (non-hydrogen) atoms. The van der Waals surface area contributed by atoms with Crippen LogP contribution in [0, 0.1) is 6.92 Å². The number of carboxylic acid groups (broad SMARTS) is 1. The van der Waals surface area contributed by atoms with Crippen LogP contribution in [0.3, 0.4) is 0 Å². The lowest BCUT2D eigenvalue weighted by Crippen LogP contribution is -2.11. The number of hydrogen-bond acceptors (Lipinski definition) is 1.